The molecule has 2 saturated heterocycles. The summed E-state index contributed by atoms with van der Waals surface area (Å²) in [6, 6.07) is 0. The van der Waals surface area contributed by atoms with Crippen LogP contribution in [0.2, 0.25) is 0 Å². The van der Waals surface area contributed by atoms with Crippen molar-refractivity contribution in [2.24, 2.45) is 0 Å². The molecule has 2 rings (SSSR count). The molecule has 0 atom stereocenters. The lowest BCUT2D eigenvalue weighted by molar-refractivity contribution is 0.582. The van der Waals surface area contributed by atoms with E-state index in [1.165, 1.54) is 0 Å². The first-order valence-electron chi connectivity index (χ1n) is 5.48. The van der Waals surface area contributed by atoms with Gasteiger partial charge in [0.15, 0.2) is 0 Å². The third-order valence-corrected chi connectivity index (χ3v) is 9.17. The minimum Gasteiger partial charge on any atom is -0.319 e. The van der Waals surface area contributed by atoms with Crippen molar-refractivity contribution in [3.8, 4) is 0 Å². The van der Waals surface area contributed by atoms with Gasteiger partial charge in [0.1, 0.15) is 14.3 Å². The van der Waals surface area contributed by atoms with E-state index >= 15 is 0 Å². The van der Waals surface area contributed by atoms with E-state index in [2.05, 4.69) is 0 Å². The molecule has 0 aromatic heterocycles. The standard InChI is InChI=1S/C10H18O2P2/c11-13(5-1-2-6-13)9-10-14(12)7-3-4-8-14/h9-10H,1-8H2/b10-9+. The Morgan fingerprint density at radius 1 is 0.643 bits per heavy atom. The van der Waals surface area contributed by atoms with E-state index in [0.717, 1.165) is 50.3 Å². The highest BCUT2D eigenvalue weighted by molar-refractivity contribution is 7.71. The fraction of sp³-hybridized carbons (Fsp3) is 0.800. The topological polar surface area (TPSA) is 34.1 Å². The third-order valence-electron chi connectivity index (χ3n) is 3.26. The third kappa shape index (κ3) is 2.41. The fourth-order valence-corrected chi connectivity index (χ4v) is 8.31. The van der Waals surface area contributed by atoms with Gasteiger partial charge in [0.2, 0.25) is 0 Å². The fourth-order valence-electron chi connectivity index (χ4n) is 2.28. The summed E-state index contributed by atoms with van der Waals surface area (Å²) in [5.41, 5.74) is 0. The predicted octanol–water partition coefficient (Wildman–Crippen LogP) is 3.77. The molecular formula is C10H18O2P2. The molecule has 80 valence electrons. The van der Waals surface area contributed by atoms with E-state index in [4.69, 9.17) is 0 Å². The molecule has 0 aromatic carbocycles. The smallest absolute Gasteiger partial charge is 0.108 e. The van der Waals surface area contributed by atoms with Crippen molar-refractivity contribution in [3.05, 3.63) is 11.6 Å². The second kappa shape index (κ2) is 3.99. The van der Waals surface area contributed by atoms with Crippen molar-refractivity contribution in [3.63, 3.8) is 0 Å². The minimum atomic E-state index is -2.02. The summed E-state index contributed by atoms with van der Waals surface area (Å²) in [6.45, 7) is 0. The second-order valence-corrected chi connectivity index (χ2v) is 10.7. The Hall–Kier alpha value is 0.200. The molecule has 14 heavy (non-hydrogen) atoms. The minimum absolute atomic E-state index is 0.851. The van der Waals surface area contributed by atoms with E-state index in [1.54, 1.807) is 0 Å². The lowest BCUT2D eigenvalue weighted by Crippen LogP contribution is -1.81. The quantitative estimate of drug-likeness (QED) is 0.679. The van der Waals surface area contributed by atoms with E-state index < -0.39 is 14.3 Å². The molecule has 2 nitrogen and oxygen atoms in total. The molecule has 0 radical (unpaired) electrons. The van der Waals surface area contributed by atoms with Gasteiger partial charge in [-0.25, -0.2) is 0 Å². The summed E-state index contributed by atoms with van der Waals surface area (Å²) in [4.78, 5) is 0. The summed E-state index contributed by atoms with van der Waals surface area (Å²) >= 11 is 0. The molecule has 0 saturated carbocycles. The van der Waals surface area contributed by atoms with Gasteiger partial charge in [0, 0.05) is 24.6 Å². The zero-order chi connectivity index (χ0) is 10.1. The Morgan fingerprint density at radius 3 is 1.21 bits per heavy atom. The first-order chi connectivity index (χ1) is 6.62. The van der Waals surface area contributed by atoms with Crippen LogP contribution in [0.4, 0.5) is 0 Å². The maximum atomic E-state index is 12.1. The Kier molecular flexibility index (Phi) is 3.05. The average molecular weight is 232 g/mol. The maximum absolute atomic E-state index is 12.1. The largest absolute Gasteiger partial charge is 0.319 e. The van der Waals surface area contributed by atoms with Crippen molar-refractivity contribution in [1.82, 2.24) is 0 Å². The molecule has 2 fully saturated rings. The normalized spacial score (nSPS) is 30.0. The van der Waals surface area contributed by atoms with Crippen LogP contribution >= 0.6 is 14.3 Å². The van der Waals surface area contributed by atoms with Crippen LogP contribution in [-0.4, -0.2) is 24.6 Å². The monoisotopic (exact) mass is 232 g/mol. The first-order valence-corrected chi connectivity index (χ1v) is 9.77. The van der Waals surface area contributed by atoms with Crippen LogP contribution in [0.15, 0.2) is 11.6 Å². The Balaban J connectivity index is 2.05. The Morgan fingerprint density at radius 2 is 0.929 bits per heavy atom. The van der Waals surface area contributed by atoms with Gasteiger partial charge in [-0.05, 0) is 37.3 Å². The molecule has 2 aliphatic rings. The summed E-state index contributed by atoms with van der Waals surface area (Å²) in [7, 11) is -4.04. The summed E-state index contributed by atoms with van der Waals surface area (Å²) in [5, 5.41) is 0. The lowest BCUT2D eigenvalue weighted by Gasteiger charge is -2.07. The van der Waals surface area contributed by atoms with Crippen LogP contribution < -0.4 is 0 Å². The molecule has 0 amide bonds. The molecule has 0 N–H and O–H groups in total. The average Bonchev–Trinajstić information content (AvgIpc) is 2.74. The summed E-state index contributed by atoms with van der Waals surface area (Å²) < 4.78 is 24.2. The number of rotatable bonds is 2. The molecule has 0 aliphatic carbocycles. The lowest BCUT2D eigenvalue weighted by atomic mass is 10.4. The van der Waals surface area contributed by atoms with Crippen LogP contribution in [0.3, 0.4) is 0 Å². The van der Waals surface area contributed by atoms with Gasteiger partial charge < -0.3 is 9.13 Å². The molecule has 4 heteroatoms. The molecule has 0 bridgehead atoms. The van der Waals surface area contributed by atoms with Gasteiger partial charge in [-0.15, -0.1) is 0 Å². The van der Waals surface area contributed by atoms with Gasteiger partial charge in [0.05, 0.1) is 0 Å². The van der Waals surface area contributed by atoms with Gasteiger partial charge in [-0.3, -0.25) is 0 Å². The molecule has 2 aliphatic heterocycles. The zero-order valence-electron chi connectivity index (χ0n) is 8.52. The van der Waals surface area contributed by atoms with Gasteiger partial charge in [-0.2, -0.15) is 0 Å². The molecule has 0 spiro atoms. The van der Waals surface area contributed by atoms with Gasteiger partial charge in [-0.1, -0.05) is 0 Å². The maximum Gasteiger partial charge on any atom is 0.108 e. The highest BCUT2D eigenvalue weighted by atomic mass is 31.2. The van der Waals surface area contributed by atoms with E-state index in [9.17, 15) is 9.13 Å². The summed E-state index contributed by atoms with van der Waals surface area (Å²) in [6.07, 6.45) is 7.76. The SMILES string of the molecule is O=P1(/C=C/P2(=O)CCCC2)CCCC1. The molecule has 0 aromatic rings. The van der Waals surface area contributed by atoms with Crippen molar-refractivity contribution in [1.29, 1.82) is 0 Å². The molecule has 2 heterocycles. The van der Waals surface area contributed by atoms with Crippen LogP contribution in [0.5, 0.6) is 0 Å². The summed E-state index contributed by atoms with van der Waals surface area (Å²) in [5.74, 6) is 3.68. The van der Waals surface area contributed by atoms with E-state index in [1.807, 2.05) is 11.6 Å². The van der Waals surface area contributed by atoms with Crippen molar-refractivity contribution < 1.29 is 9.13 Å². The van der Waals surface area contributed by atoms with Crippen LogP contribution in [0.1, 0.15) is 25.7 Å². The Labute approximate surface area is 85.9 Å². The van der Waals surface area contributed by atoms with Crippen molar-refractivity contribution in [2.45, 2.75) is 25.7 Å². The predicted molar refractivity (Wildman–Crippen MR) is 62.3 cm³/mol. The zero-order valence-corrected chi connectivity index (χ0v) is 10.3. The molecule has 0 unspecified atom stereocenters. The highest BCUT2D eigenvalue weighted by Gasteiger charge is 2.28. The van der Waals surface area contributed by atoms with Gasteiger partial charge in [0.25, 0.3) is 0 Å². The van der Waals surface area contributed by atoms with E-state index in [-0.39, 0.29) is 0 Å². The van der Waals surface area contributed by atoms with Crippen molar-refractivity contribution in [2.75, 3.05) is 24.6 Å². The van der Waals surface area contributed by atoms with Crippen LogP contribution in [0.25, 0.3) is 0 Å². The van der Waals surface area contributed by atoms with Gasteiger partial charge >= 0.3 is 0 Å². The molecular weight excluding hydrogens is 214 g/mol. The highest BCUT2D eigenvalue weighted by Crippen LogP contribution is 2.59. The van der Waals surface area contributed by atoms with Crippen molar-refractivity contribution >= 4 is 14.3 Å². The van der Waals surface area contributed by atoms with Crippen LogP contribution in [-0.2, 0) is 9.13 Å². The van der Waals surface area contributed by atoms with Crippen LogP contribution in [0, 0.1) is 0 Å². The Bertz CT molecular complexity index is 281. The number of hydrogen-bond donors (Lipinski definition) is 0. The number of hydrogen-bond acceptors (Lipinski definition) is 2. The second-order valence-electron chi connectivity index (χ2n) is 4.51. The first kappa shape index (κ1) is 10.7. The van der Waals surface area contributed by atoms with E-state index in [0.29, 0.717) is 0 Å².